The Balaban J connectivity index is 1.99. The number of hydrogen-bond acceptors (Lipinski definition) is 0. The summed E-state index contributed by atoms with van der Waals surface area (Å²) < 4.78 is 0. The highest BCUT2D eigenvalue weighted by Gasteiger charge is 2.55. The molecule has 0 N–H and O–H groups in total. The van der Waals surface area contributed by atoms with Crippen LogP contribution < -0.4 is 0 Å². The van der Waals surface area contributed by atoms with Crippen LogP contribution in [-0.2, 0) is 0 Å². The van der Waals surface area contributed by atoms with Gasteiger partial charge in [-0.05, 0) is 49.4 Å². The maximum absolute atomic E-state index is 6.24. The highest BCUT2D eigenvalue weighted by Crippen LogP contribution is 2.62. The third kappa shape index (κ3) is 0.514. The molecule has 0 nitrogen and oxygen atoms in total. The predicted molar refractivity (Wildman–Crippen MR) is 42.1 cm³/mol. The second kappa shape index (κ2) is 1.72. The third-order valence-electron chi connectivity index (χ3n) is 4.07. The van der Waals surface area contributed by atoms with E-state index in [0.29, 0.717) is 5.38 Å². The summed E-state index contributed by atoms with van der Waals surface area (Å²) in [5.74, 6) is 4.11. The van der Waals surface area contributed by atoms with E-state index in [1.807, 2.05) is 0 Å². The minimum atomic E-state index is 0.566. The lowest BCUT2D eigenvalue weighted by Crippen LogP contribution is -2.17. The largest absolute Gasteiger partial charge is 0.123 e. The molecule has 5 atom stereocenters. The molecule has 4 bridgehead atoms. The first kappa shape index (κ1) is 5.88. The van der Waals surface area contributed by atoms with E-state index in [1.54, 1.807) is 0 Å². The molecule has 0 aliphatic heterocycles. The number of halogens is 1. The van der Waals surface area contributed by atoms with Crippen molar-refractivity contribution in [3.63, 3.8) is 0 Å². The Morgan fingerprint density at radius 3 is 2.50 bits per heavy atom. The van der Waals surface area contributed by atoms with Gasteiger partial charge in [0.15, 0.2) is 0 Å². The summed E-state index contributed by atoms with van der Waals surface area (Å²) in [7, 11) is 0. The van der Waals surface area contributed by atoms with Crippen LogP contribution in [0.25, 0.3) is 0 Å². The fourth-order valence-corrected chi connectivity index (χ4v) is 4.43. The van der Waals surface area contributed by atoms with E-state index < -0.39 is 0 Å². The molecule has 3 rings (SSSR count). The first-order valence-electron chi connectivity index (χ1n) is 4.50. The molecule has 0 saturated heterocycles. The zero-order valence-corrected chi connectivity index (χ0v) is 6.85. The Kier molecular flexibility index (Phi) is 1.01. The minimum absolute atomic E-state index is 0.566. The Bertz CT molecular complexity index is 164. The SMILES string of the molecule is ClC1CC2CC3CCC2C13. The van der Waals surface area contributed by atoms with Crippen LogP contribution in [0.15, 0.2) is 0 Å². The fourth-order valence-electron chi connectivity index (χ4n) is 3.81. The molecule has 0 aromatic carbocycles. The van der Waals surface area contributed by atoms with Crippen molar-refractivity contribution < 1.29 is 0 Å². The predicted octanol–water partition coefficient (Wildman–Crippen LogP) is 2.66. The van der Waals surface area contributed by atoms with Gasteiger partial charge in [-0.3, -0.25) is 0 Å². The lowest BCUT2D eigenvalue weighted by Gasteiger charge is -2.23. The first-order chi connectivity index (χ1) is 4.86. The van der Waals surface area contributed by atoms with Crippen molar-refractivity contribution in [1.29, 1.82) is 0 Å². The maximum Gasteiger partial charge on any atom is 0.0372 e. The van der Waals surface area contributed by atoms with Gasteiger partial charge < -0.3 is 0 Å². The molecule has 56 valence electrons. The number of hydrogen-bond donors (Lipinski definition) is 0. The van der Waals surface area contributed by atoms with Gasteiger partial charge in [-0.2, -0.15) is 0 Å². The standard InChI is InChI=1S/C9H13Cl/c10-8-4-6-3-5-1-2-7(6)9(5)8/h5-9H,1-4H2. The molecule has 3 fully saturated rings. The molecule has 0 heterocycles. The smallest absolute Gasteiger partial charge is 0.0372 e. The van der Waals surface area contributed by atoms with Crippen LogP contribution in [0.4, 0.5) is 0 Å². The molecule has 5 unspecified atom stereocenters. The molecule has 3 aliphatic carbocycles. The normalized spacial score (nSPS) is 63.9. The molecule has 1 heteroatoms. The van der Waals surface area contributed by atoms with Crippen LogP contribution in [-0.4, -0.2) is 5.38 Å². The van der Waals surface area contributed by atoms with E-state index >= 15 is 0 Å². The van der Waals surface area contributed by atoms with Crippen LogP contribution >= 0.6 is 11.6 Å². The van der Waals surface area contributed by atoms with Gasteiger partial charge in [0, 0.05) is 5.38 Å². The van der Waals surface area contributed by atoms with Gasteiger partial charge in [0.25, 0.3) is 0 Å². The lowest BCUT2D eigenvalue weighted by atomic mass is 9.86. The van der Waals surface area contributed by atoms with Gasteiger partial charge in [0.05, 0.1) is 0 Å². The van der Waals surface area contributed by atoms with Crippen LogP contribution in [0.1, 0.15) is 25.7 Å². The maximum atomic E-state index is 6.24. The highest BCUT2D eigenvalue weighted by molar-refractivity contribution is 6.21. The zero-order valence-electron chi connectivity index (χ0n) is 6.09. The van der Waals surface area contributed by atoms with Gasteiger partial charge in [-0.25, -0.2) is 0 Å². The zero-order chi connectivity index (χ0) is 6.72. The molecule has 3 aliphatic rings. The summed E-state index contributed by atoms with van der Waals surface area (Å²) in [5, 5.41) is 0.566. The van der Waals surface area contributed by atoms with Crippen molar-refractivity contribution in [2.24, 2.45) is 23.7 Å². The summed E-state index contributed by atoms with van der Waals surface area (Å²) in [6.45, 7) is 0. The molecule has 3 saturated carbocycles. The molecule has 10 heavy (non-hydrogen) atoms. The molecular formula is C9H13Cl. The van der Waals surface area contributed by atoms with E-state index in [-0.39, 0.29) is 0 Å². The van der Waals surface area contributed by atoms with E-state index in [2.05, 4.69) is 0 Å². The van der Waals surface area contributed by atoms with Gasteiger partial charge in [-0.15, -0.1) is 11.6 Å². The third-order valence-corrected chi connectivity index (χ3v) is 4.54. The molecular weight excluding hydrogens is 144 g/mol. The number of alkyl halides is 1. The van der Waals surface area contributed by atoms with Crippen molar-refractivity contribution >= 4 is 11.6 Å². The van der Waals surface area contributed by atoms with Crippen molar-refractivity contribution in [3.05, 3.63) is 0 Å². The van der Waals surface area contributed by atoms with Gasteiger partial charge in [-0.1, -0.05) is 0 Å². The van der Waals surface area contributed by atoms with Crippen molar-refractivity contribution in [3.8, 4) is 0 Å². The molecule has 0 spiro atoms. The van der Waals surface area contributed by atoms with E-state index in [0.717, 1.165) is 23.7 Å². The van der Waals surface area contributed by atoms with E-state index in [4.69, 9.17) is 11.6 Å². The highest BCUT2D eigenvalue weighted by atomic mass is 35.5. The van der Waals surface area contributed by atoms with Crippen molar-refractivity contribution in [1.82, 2.24) is 0 Å². The Hall–Kier alpha value is 0.290. The summed E-state index contributed by atoms with van der Waals surface area (Å²) in [6, 6.07) is 0. The topological polar surface area (TPSA) is 0 Å². The van der Waals surface area contributed by atoms with Gasteiger partial charge in [0.1, 0.15) is 0 Å². The van der Waals surface area contributed by atoms with E-state index in [1.165, 1.54) is 25.7 Å². The second-order valence-electron chi connectivity index (χ2n) is 4.33. The van der Waals surface area contributed by atoms with Crippen LogP contribution in [0.3, 0.4) is 0 Å². The summed E-state index contributed by atoms with van der Waals surface area (Å²) in [6.07, 6.45) is 5.87. The second-order valence-corrected chi connectivity index (χ2v) is 4.89. The Labute approximate surface area is 66.9 Å². The quantitative estimate of drug-likeness (QED) is 0.473. The molecule has 0 amide bonds. The Morgan fingerprint density at radius 1 is 1.00 bits per heavy atom. The molecule has 0 aromatic heterocycles. The Morgan fingerprint density at radius 2 is 1.90 bits per heavy atom. The molecule has 0 radical (unpaired) electrons. The average Bonchev–Trinajstić information content (AvgIpc) is 2.49. The minimum Gasteiger partial charge on any atom is -0.123 e. The summed E-state index contributed by atoms with van der Waals surface area (Å²) in [5.41, 5.74) is 0. The van der Waals surface area contributed by atoms with Crippen molar-refractivity contribution in [2.75, 3.05) is 0 Å². The first-order valence-corrected chi connectivity index (χ1v) is 4.94. The summed E-state index contributed by atoms with van der Waals surface area (Å²) in [4.78, 5) is 0. The van der Waals surface area contributed by atoms with Crippen LogP contribution in [0, 0.1) is 23.7 Å². The monoisotopic (exact) mass is 156 g/mol. The lowest BCUT2D eigenvalue weighted by molar-refractivity contribution is 0.318. The van der Waals surface area contributed by atoms with Gasteiger partial charge in [0.2, 0.25) is 0 Å². The summed E-state index contributed by atoms with van der Waals surface area (Å²) >= 11 is 6.24. The fraction of sp³-hybridized carbons (Fsp3) is 1.00. The van der Waals surface area contributed by atoms with Gasteiger partial charge >= 0.3 is 0 Å². The van der Waals surface area contributed by atoms with E-state index in [9.17, 15) is 0 Å². The molecule has 0 aromatic rings. The van der Waals surface area contributed by atoms with Crippen molar-refractivity contribution in [2.45, 2.75) is 31.1 Å². The average molecular weight is 157 g/mol. The van der Waals surface area contributed by atoms with Crippen LogP contribution in [0.2, 0.25) is 0 Å². The van der Waals surface area contributed by atoms with Crippen LogP contribution in [0.5, 0.6) is 0 Å². The number of rotatable bonds is 0.